The molecule has 3 N–H and O–H groups in total. The van der Waals surface area contributed by atoms with E-state index in [0.717, 1.165) is 16.7 Å². The molecule has 0 bridgehead atoms. The highest BCUT2D eigenvalue weighted by Crippen LogP contribution is 2.29. The van der Waals surface area contributed by atoms with E-state index in [1.54, 1.807) is 24.4 Å². The number of hydrogen-bond acceptors (Lipinski definition) is 4. The third kappa shape index (κ3) is 2.18. The number of nitrogens with zero attached hydrogens (tertiary/aromatic N) is 1. The molecule has 94 valence electrons. The van der Waals surface area contributed by atoms with Crippen LogP contribution in [0.3, 0.4) is 0 Å². The van der Waals surface area contributed by atoms with Crippen LogP contribution >= 0.6 is 11.6 Å². The lowest BCUT2D eigenvalue weighted by atomic mass is 9.75. The van der Waals surface area contributed by atoms with Crippen LogP contribution in [0.25, 0.3) is 11.1 Å². The Morgan fingerprint density at radius 2 is 2.05 bits per heavy atom. The minimum atomic E-state index is -1.02. The standard InChI is InChI=1S/C13H10BClN2O2/c15-10-2-4-13(16)11(6-10)8-1-3-12-9(5-8)7-17-19-14(12)18/h1-7,18H,16H2. The van der Waals surface area contributed by atoms with Crippen LogP contribution in [0, 0.1) is 0 Å². The molecule has 4 nitrogen and oxygen atoms in total. The second kappa shape index (κ2) is 4.61. The molecule has 0 atom stereocenters. The molecule has 0 aliphatic carbocycles. The topological polar surface area (TPSA) is 67.8 Å². The molecule has 0 fully saturated rings. The average Bonchev–Trinajstić information content (AvgIpc) is 2.41. The van der Waals surface area contributed by atoms with E-state index in [1.165, 1.54) is 0 Å². The molecule has 2 aromatic carbocycles. The van der Waals surface area contributed by atoms with Gasteiger partial charge < -0.3 is 15.5 Å². The fraction of sp³-hybridized carbons (Fsp3) is 0. The summed E-state index contributed by atoms with van der Waals surface area (Å²) in [5.41, 5.74) is 9.85. The van der Waals surface area contributed by atoms with Gasteiger partial charge in [-0.3, -0.25) is 0 Å². The van der Waals surface area contributed by atoms with Crippen molar-refractivity contribution in [3.8, 4) is 11.1 Å². The van der Waals surface area contributed by atoms with Gasteiger partial charge in [0.2, 0.25) is 0 Å². The van der Waals surface area contributed by atoms with Crippen molar-refractivity contribution in [2.45, 2.75) is 0 Å². The van der Waals surface area contributed by atoms with Crippen molar-refractivity contribution in [2.75, 3.05) is 5.73 Å². The van der Waals surface area contributed by atoms with Gasteiger partial charge in [0, 0.05) is 21.7 Å². The van der Waals surface area contributed by atoms with E-state index in [-0.39, 0.29) is 0 Å². The zero-order chi connectivity index (χ0) is 13.4. The number of halogens is 1. The maximum atomic E-state index is 9.64. The van der Waals surface area contributed by atoms with Crippen LogP contribution in [0.1, 0.15) is 5.56 Å². The Balaban J connectivity index is 2.13. The minimum absolute atomic E-state index is 0.624. The maximum absolute atomic E-state index is 9.64. The summed E-state index contributed by atoms with van der Waals surface area (Å²) in [6.45, 7) is 0. The van der Waals surface area contributed by atoms with Crippen LogP contribution in [0.5, 0.6) is 0 Å². The van der Waals surface area contributed by atoms with Gasteiger partial charge in [-0.1, -0.05) is 23.7 Å². The smallest absolute Gasteiger partial charge is 0.427 e. The van der Waals surface area contributed by atoms with Crippen molar-refractivity contribution in [1.82, 2.24) is 0 Å². The Hall–Kier alpha value is -1.98. The predicted octanol–water partition coefficient (Wildman–Crippen LogP) is 1.64. The van der Waals surface area contributed by atoms with Crippen LogP contribution in [0.4, 0.5) is 5.69 Å². The Kier molecular flexibility index (Phi) is 2.93. The largest absolute Gasteiger partial charge is 0.583 e. The Morgan fingerprint density at radius 1 is 1.21 bits per heavy atom. The lowest BCUT2D eigenvalue weighted by Gasteiger charge is -2.14. The van der Waals surface area contributed by atoms with Gasteiger partial charge in [0.05, 0.1) is 6.21 Å². The van der Waals surface area contributed by atoms with Crippen molar-refractivity contribution in [3.05, 3.63) is 47.0 Å². The number of anilines is 1. The highest BCUT2D eigenvalue weighted by molar-refractivity contribution is 6.62. The summed E-state index contributed by atoms with van der Waals surface area (Å²) in [6, 6.07) is 10.9. The van der Waals surface area contributed by atoms with Crippen LogP contribution in [0.2, 0.25) is 5.02 Å². The molecule has 0 unspecified atom stereocenters. The van der Waals surface area contributed by atoms with E-state index in [2.05, 4.69) is 5.16 Å². The summed E-state index contributed by atoms with van der Waals surface area (Å²) in [7, 11) is -1.02. The molecular formula is C13H10BClN2O2. The van der Waals surface area contributed by atoms with Crippen molar-refractivity contribution >= 4 is 36.1 Å². The number of fused-ring (bicyclic) bond motifs is 1. The molecule has 6 heteroatoms. The number of oxime groups is 1. The highest BCUT2D eigenvalue weighted by Gasteiger charge is 2.25. The second-order valence-corrected chi connectivity index (χ2v) is 4.70. The quantitative estimate of drug-likeness (QED) is 0.612. The van der Waals surface area contributed by atoms with Gasteiger partial charge >= 0.3 is 7.12 Å². The normalized spacial score (nSPS) is 13.1. The van der Waals surface area contributed by atoms with Crippen molar-refractivity contribution < 1.29 is 9.78 Å². The number of rotatable bonds is 1. The van der Waals surface area contributed by atoms with Crippen LogP contribution in [-0.4, -0.2) is 18.4 Å². The lowest BCUT2D eigenvalue weighted by molar-refractivity contribution is 0.286. The third-order valence-corrected chi connectivity index (χ3v) is 3.27. The van der Waals surface area contributed by atoms with Gasteiger partial charge in [0.1, 0.15) is 0 Å². The molecule has 0 amide bonds. The van der Waals surface area contributed by atoms with E-state index in [9.17, 15) is 5.02 Å². The summed E-state index contributed by atoms with van der Waals surface area (Å²) in [6.07, 6.45) is 1.56. The van der Waals surface area contributed by atoms with Gasteiger partial charge in [0.25, 0.3) is 0 Å². The molecule has 0 saturated heterocycles. The number of nitrogens with two attached hydrogens (primary N) is 1. The molecule has 1 heterocycles. The predicted molar refractivity (Wildman–Crippen MR) is 77.6 cm³/mol. The third-order valence-electron chi connectivity index (χ3n) is 3.03. The Labute approximate surface area is 115 Å². The zero-order valence-corrected chi connectivity index (χ0v) is 10.6. The first kappa shape index (κ1) is 12.1. The molecule has 0 radical (unpaired) electrons. The van der Waals surface area contributed by atoms with Gasteiger partial charge in [-0.25, -0.2) is 0 Å². The molecule has 0 aromatic heterocycles. The maximum Gasteiger partial charge on any atom is 0.583 e. The Morgan fingerprint density at radius 3 is 2.89 bits per heavy atom. The molecule has 3 rings (SSSR count). The minimum Gasteiger partial charge on any atom is -0.427 e. The van der Waals surface area contributed by atoms with Crippen LogP contribution < -0.4 is 11.2 Å². The number of hydrogen-bond donors (Lipinski definition) is 2. The van der Waals surface area contributed by atoms with Crippen molar-refractivity contribution in [1.29, 1.82) is 0 Å². The summed E-state index contributed by atoms with van der Waals surface area (Å²) in [5.74, 6) is 0. The zero-order valence-electron chi connectivity index (χ0n) is 9.88. The van der Waals surface area contributed by atoms with Crippen LogP contribution in [0.15, 0.2) is 41.6 Å². The average molecular weight is 272 g/mol. The SMILES string of the molecule is Nc1ccc(Cl)cc1-c1ccc2c(c1)C=NOB2O. The Bertz CT molecular complexity index is 676. The van der Waals surface area contributed by atoms with E-state index in [4.69, 9.17) is 22.1 Å². The fourth-order valence-electron chi connectivity index (χ4n) is 2.06. The first-order valence-electron chi connectivity index (χ1n) is 5.72. The summed E-state index contributed by atoms with van der Waals surface area (Å²) in [4.78, 5) is 0. The van der Waals surface area contributed by atoms with Gasteiger partial charge in [-0.2, -0.15) is 0 Å². The fourth-order valence-corrected chi connectivity index (χ4v) is 2.23. The van der Waals surface area contributed by atoms with Crippen molar-refractivity contribution in [2.24, 2.45) is 5.16 Å². The highest BCUT2D eigenvalue weighted by atomic mass is 35.5. The molecule has 1 aliphatic heterocycles. The monoisotopic (exact) mass is 272 g/mol. The summed E-state index contributed by atoms with van der Waals surface area (Å²) >= 11 is 5.99. The number of benzene rings is 2. The molecule has 0 spiro atoms. The van der Waals surface area contributed by atoms with Crippen molar-refractivity contribution in [3.63, 3.8) is 0 Å². The summed E-state index contributed by atoms with van der Waals surface area (Å²) in [5, 5.41) is 13.9. The lowest BCUT2D eigenvalue weighted by Crippen LogP contribution is -2.37. The van der Waals surface area contributed by atoms with E-state index in [1.807, 2.05) is 18.2 Å². The van der Waals surface area contributed by atoms with E-state index >= 15 is 0 Å². The van der Waals surface area contributed by atoms with Crippen LogP contribution in [-0.2, 0) is 4.76 Å². The number of nitrogen functional groups attached to an aromatic ring is 1. The van der Waals surface area contributed by atoms with Gasteiger partial charge in [-0.05, 0) is 35.4 Å². The molecule has 2 aromatic rings. The van der Waals surface area contributed by atoms with Gasteiger partial charge in [-0.15, -0.1) is 5.16 Å². The molecule has 1 aliphatic rings. The second-order valence-electron chi connectivity index (χ2n) is 4.27. The van der Waals surface area contributed by atoms with Gasteiger partial charge in [0.15, 0.2) is 0 Å². The first-order chi connectivity index (χ1) is 9.15. The molecular weight excluding hydrogens is 262 g/mol. The van der Waals surface area contributed by atoms with E-state index in [0.29, 0.717) is 16.2 Å². The van der Waals surface area contributed by atoms with E-state index < -0.39 is 7.12 Å². The first-order valence-corrected chi connectivity index (χ1v) is 6.09. The molecule has 0 saturated carbocycles. The summed E-state index contributed by atoms with van der Waals surface area (Å²) < 4.78 is 4.77. The molecule has 19 heavy (non-hydrogen) atoms.